The third kappa shape index (κ3) is 5.51. The zero-order chi connectivity index (χ0) is 44.1. The van der Waals surface area contributed by atoms with E-state index in [2.05, 4.69) is 254 Å². The van der Waals surface area contributed by atoms with Gasteiger partial charge in [-0.05, 0) is 120 Å². The van der Waals surface area contributed by atoms with Crippen molar-refractivity contribution < 1.29 is 4.42 Å². The zero-order valence-corrected chi connectivity index (χ0v) is 36.5. The van der Waals surface area contributed by atoms with Gasteiger partial charge in [0.15, 0.2) is 0 Å². The van der Waals surface area contributed by atoms with Gasteiger partial charge in [0.05, 0.1) is 11.1 Å². The number of benzene rings is 11. The van der Waals surface area contributed by atoms with Crippen LogP contribution in [-0.2, 0) is 5.41 Å². The molecule has 2 aliphatic rings. The Labute approximate surface area is 389 Å². The maximum Gasteiger partial charge on any atom is 0.145 e. The van der Waals surface area contributed by atoms with E-state index in [0.29, 0.717) is 0 Å². The minimum Gasteiger partial charge on any atom is -0.455 e. The van der Waals surface area contributed by atoms with Crippen molar-refractivity contribution in [2.24, 2.45) is 0 Å². The van der Waals surface area contributed by atoms with Crippen LogP contribution in [0.2, 0.25) is 0 Å². The Morgan fingerprint density at radius 1 is 0.299 bits per heavy atom. The zero-order valence-electron chi connectivity index (χ0n) is 36.5. The highest BCUT2D eigenvalue weighted by molar-refractivity contribution is 6.19. The fourth-order valence-corrected chi connectivity index (χ4v) is 11.6. The second-order valence-electron chi connectivity index (χ2n) is 17.9. The average molecular weight is 852 g/mol. The van der Waals surface area contributed by atoms with E-state index in [0.717, 1.165) is 60.9 Å². The van der Waals surface area contributed by atoms with Gasteiger partial charge in [-0.25, -0.2) is 0 Å². The lowest BCUT2D eigenvalue weighted by Gasteiger charge is -2.32. The number of anilines is 3. The van der Waals surface area contributed by atoms with Gasteiger partial charge in [0.25, 0.3) is 0 Å². The van der Waals surface area contributed by atoms with Crippen molar-refractivity contribution in [1.29, 1.82) is 0 Å². The quantitative estimate of drug-likeness (QED) is 0.166. The predicted octanol–water partition coefficient (Wildman–Crippen LogP) is 17.6. The van der Waals surface area contributed by atoms with Gasteiger partial charge < -0.3 is 9.32 Å². The van der Waals surface area contributed by atoms with E-state index in [1.807, 2.05) is 0 Å². The molecule has 1 aromatic heterocycles. The second-order valence-corrected chi connectivity index (χ2v) is 17.9. The monoisotopic (exact) mass is 851 g/mol. The van der Waals surface area contributed by atoms with Crippen LogP contribution in [0.1, 0.15) is 22.3 Å². The molecular formula is C65H41NO. The number of hydrogen-bond acceptors (Lipinski definition) is 2. The van der Waals surface area contributed by atoms with E-state index < -0.39 is 5.41 Å². The van der Waals surface area contributed by atoms with Crippen LogP contribution in [0.15, 0.2) is 253 Å². The normalized spacial score (nSPS) is 12.9. The van der Waals surface area contributed by atoms with Crippen LogP contribution in [0, 0.1) is 0 Å². The Balaban J connectivity index is 1.06. The summed E-state index contributed by atoms with van der Waals surface area (Å²) >= 11 is 0. The fourth-order valence-electron chi connectivity index (χ4n) is 11.6. The third-order valence-electron chi connectivity index (χ3n) is 14.5. The number of nitrogens with zero attached hydrogens (tertiary/aromatic N) is 1. The van der Waals surface area contributed by atoms with E-state index in [4.69, 9.17) is 4.42 Å². The summed E-state index contributed by atoms with van der Waals surface area (Å²) in [6.45, 7) is 0. The standard InChI is InChI=1S/C65H41NO/c1-3-15-42(16-4-1)44-27-29-47(30-28-44)62-61(40-39-56-55-37-33-46-19-7-8-20-50(46)63(55)67-64(56)62)66(48-34-31-45(32-35-48)43-17-5-2-6-18-43)49-36-38-54-53-23-11-14-26-59(53)65(60(54)41-49)57-24-12-9-21-51(57)52-22-10-13-25-58(52)65/h1-41H. The Morgan fingerprint density at radius 3 is 1.39 bits per heavy atom. The van der Waals surface area contributed by atoms with Gasteiger partial charge in [0.2, 0.25) is 0 Å². The summed E-state index contributed by atoms with van der Waals surface area (Å²) < 4.78 is 7.25. The highest BCUT2D eigenvalue weighted by atomic mass is 16.3. The van der Waals surface area contributed by atoms with Crippen molar-refractivity contribution in [2.75, 3.05) is 4.90 Å². The maximum absolute atomic E-state index is 7.25. The van der Waals surface area contributed by atoms with Crippen molar-refractivity contribution >= 4 is 49.8 Å². The van der Waals surface area contributed by atoms with Crippen molar-refractivity contribution in [1.82, 2.24) is 0 Å². The van der Waals surface area contributed by atoms with E-state index >= 15 is 0 Å². The van der Waals surface area contributed by atoms with E-state index in [1.165, 1.54) is 66.8 Å². The largest absolute Gasteiger partial charge is 0.455 e. The summed E-state index contributed by atoms with van der Waals surface area (Å²) in [4.78, 5) is 2.46. The van der Waals surface area contributed by atoms with Gasteiger partial charge in [0, 0.05) is 33.1 Å². The molecule has 0 unspecified atom stereocenters. The van der Waals surface area contributed by atoms with Crippen LogP contribution >= 0.6 is 0 Å². The van der Waals surface area contributed by atoms with Gasteiger partial charge in [-0.1, -0.05) is 206 Å². The highest BCUT2D eigenvalue weighted by Gasteiger charge is 2.51. The van der Waals surface area contributed by atoms with Crippen molar-refractivity contribution in [3.63, 3.8) is 0 Å². The number of rotatable bonds is 6. The Morgan fingerprint density at radius 2 is 0.761 bits per heavy atom. The smallest absolute Gasteiger partial charge is 0.145 e. The highest BCUT2D eigenvalue weighted by Crippen LogP contribution is 2.63. The maximum atomic E-state index is 7.25. The molecule has 1 heterocycles. The topological polar surface area (TPSA) is 16.4 Å². The molecule has 0 fully saturated rings. The molecule has 2 aliphatic carbocycles. The van der Waals surface area contributed by atoms with Crippen molar-refractivity contribution in [2.45, 2.75) is 5.41 Å². The molecule has 312 valence electrons. The molecule has 2 heteroatoms. The molecule has 0 radical (unpaired) electrons. The minimum atomic E-state index is -0.488. The van der Waals surface area contributed by atoms with Gasteiger partial charge in [0.1, 0.15) is 11.2 Å². The van der Waals surface area contributed by atoms with Crippen LogP contribution in [0.5, 0.6) is 0 Å². The SMILES string of the molecule is c1ccc(-c2ccc(-c3c(N(c4ccc(-c5ccccc5)cc4)c4ccc5c(c4)C4(c6ccccc6-c6ccccc64)c4ccccc4-5)ccc4c3oc3c5ccccc5ccc43)cc2)cc1. The molecule has 0 saturated heterocycles. The molecule has 12 aromatic rings. The van der Waals surface area contributed by atoms with E-state index in [-0.39, 0.29) is 0 Å². The van der Waals surface area contributed by atoms with Crippen molar-refractivity contribution in [3.8, 4) is 55.6 Å². The number of hydrogen-bond donors (Lipinski definition) is 0. The summed E-state index contributed by atoms with van der Waals surface area (Å²) in [7, 11) is 0. The lowest BCUT2D eigenvalue weighted by Crippen LogP contribution is -2.26. The molecule has 0 amide bonds. The average Bonchev–Trinajstić information content (AvgIpc) is 4.04. The van der Waals surface area contributed by atoms with Crippen LogP contribution in [0.3, 0.4) is 0 Å². The van der Waals surface area contributed by atoms with Crippen molar-refractivity contribution in [3.05, 3.63) is 271 Å². The number of furan rings is 1. The lowest BCUT2D eigenvalue weighted by molar-refractivity contribution is 0.674. The summed E-state index contributed by atoms with van der Waals surface area (Å²) in [6, 6.07) is 91.2. The first-order valence-electron chi connectivity index (χ1n) is 23.2. The van der Waals surface area contributed by atoms with E-state index in [1.54, 1.807) is 0 Å². The summed E-state index contributed by atoms with van der Waals surface area (Å²) in [5, 5.41) is 4.47. The summed E-state index contributed by atoms with van der Waals surface area (Å²) in [5.41, 5.74) is 21.7. The number of fused-ring (bicyclic) bond motifs is 15. The molecular weight excluding hydrogens is 811 g/mol. The first-order valence-corrected chi connectivity index (χ1v) is 23.2. The van der Waals surface area contributed by atoms with E-state index in [9.17, 15) is 0 Å². The molecule has 0 atom stereocenters. The minimum absolute atomic E-state index is 0.488. The summed E-state index contributed by atoms with van der Waals surface area (Å²) in [5.74, 6) is 0. The molecule has 11 aromatic carbocycles. The second kappa shape index (κ2) is 14.7. The van der Waals surface area contributed by atoms with Crippen LogP contribution in [-0.4, -0.2) is 0 Å². The Bertz CT molecular complexity index is 3840. The first-order chi connectivity index (χ1) is 33.2. The third-order valence-corrected chi connectivity index (χ3v) is 14.5. The van der Waals surface area contributed by atoms with Gasteiger partial charge >= 0.3 is 0 Å². The first kappa shape index (κ1) is 37.6. The van der Waals surface area contributed by atoms with Gasteiger partial charge in [-0.15, -0.1) is 0 Å². The van der Waals surface area contributed by atoms with Crippen LogP contribution < -0.4 is 4.90 Å². The van der Waals surface area contributed by atoms with Gasteiger partial charge in [-0.2, -0.15) is 0 Å². The molecule has 0 aliphatic heterocycles. The predicted molar refractivity (Wildman–Crippen MR) is 279 cm³/mol. The fraction of sp³-hybridized carbons (Fsp3) is 0.0154. The summed E-state index contributed by atoms with van der Waals surface area (Å²) in [6.07, 6.45) is 0. The van der Waals surface area contributed by atoms with Crippen LogP contribution in [0.25, 0.3) is 88.3 Å². The molecule has 0 saturated carbocycles. The Kier molecular flexibility index (Phi) is 8.23. The molecule has 0 bridgehead atoms. The molecule has 0 N–H and O–H groups in total. The van der Waals surface area contributed by atoms with Crippen LogP contribution in [0.4, 0.5) is 17.1 Å². The van der Waals surface area contributed by atoms with Gasteiger partial charge in [-0.3, -0.25) is 0 Å². The molecule has 1 spiro atoms. The molecule has 2 nitrogen and oxygen atoms in total. The lowest BCUT2D eigenvalue weighted by atomic mass is 9.70. The molecule has 67 heavy (non-hydrogen) atoms. The molecule has 14 rings (SSSR count). The Hall–Kier alpha value is -8.72.